The second-order valence-electron chi connectivity index (χ2n) is 4.94. The van der Waals surface area contributed by atoms with E-state index in [2.05, 4.69) is 24.4 Å². The van der Waals surface area contributed by atoms with Gasteiger partial charge in [-0.3, -0.25) is 0 Å². The molecule has 0 aromatic heterocycles. The number of hydrogen-bond acceptors (Lipinski definition) is 3. The lowest BCUT2D eigenvalue weighted by atomic mass is 10.1. The molecule has 0 bridgehead atoms. The van der Waals surface area contributed by atoms with Crippen molar-refractivity contribution in [3.8, 4) is 5.75 Å². The first kappa shape index (κ1) is 15.8. The molecule has 0 saturated carbocycles. The van der Waals surface area contributed by atoms with E-state index in [9.17, 15) is 5.11 Å². The Kier molecular flexibility index (Phi) is 6.05. The van der Waals surface area contributed by atoms with Gasteiger partial charge in [0.2, 0.25) is 0 Å². The van der Waals surface area contributed by atoms with Crippen LogP contribution in [-0.2, 0) is 0 Å². The summed E-state index contributed by atoms with van der Waals surface area (Å²) in [5.74, 6) is 0.592. The molecular formula is C17H20ClNO2. The van der Waals surface area contributed by atoms with Crippen molar-refractivity contribution in [2.45, 2.75) is 19.1 Å². The molecule has 2 rings (SSSR count). The number of benzene rings is 2. The summed E-state index contributed by atoms with van der Waals surface area (Å²) in [5.41, 5.74) is 1.19. The van der Waals surface area contributed by atoms with E-state index in [0.29, 0.717) is 17.3 Å². The van der Waals surface area contributed by atoms with Crippen LogP contribution in [0.5, 0.6) is 5.75 Å². The first-order valence-electron chi connectivity index (χ1n) is 7.00. The third-order valence-electron chi connectivity index (χ3n) is 3.23. The van der Waals surface area contributed by atoms with E-state index in [4.69, 9.17) is 16.3 Å². The first-order valence-corrected chi connectivity index (χ1v) is 7.38. The van der Waals surface area contributed by atoms with Gasteiger partial charge in [0, 0.05) is 12.6 Å². The van der Waals surface area contributed by atoms with Crippen LogP contribution in [0.15, 0.2) is 54.6 Å². The van der Waals surface area contributed by atoms with Crippen LogP contribution in [0.25, 0.3) is 0 Å². The van der Waals surface area contributed by atoms with Gasteiger partial charge in [-0.1, -0.05) is 54.1 Å². The van der Waals surface area contributed by atoms with Crippen molar-refractivity contribution >= 4 is 11.6 Å². The number of aliphatic hydroxyl groups excluding tert-OH is 1. The number of halogens is 1. The molecule has 21 heavy (non-hydrogen) atoms. The van der Waals surface area contributed by atoms with E-state index in [1.807, 2.05) is 30.3 Å². The monoisotopic (exact) mass is 305 g/mol. The Morgan fingerprint density at radius 1 is 1.10 bits per heavy atom. The quantitative estimate of drug-likeness (QED) is 0.823. The van der Waals surface area contributed by atoms with Crippen molar-refractivity contribution in [1.82, 2.24) is 5.32 Å². The standard InChI is InChI=1S/C17H20ClNO2/c1-13(14-7-3-2-4-8-14)19-11-15(20)12-21-17-10-6-5-9-16(17)18/h2-10,13,15,19-20H,11-12H2,1H3/t13-,15?/m1/s1. The highest BCUT2D eigenvalue weighted by atomic mass is 35.5. The van der Waals surface area contributed by atoms with Gasteiger partial charge in [0.1, 0.15) is 18.5 Å². The topological polar surface area (TPSA) is 41.5 Å². The molecule has 0 saturated heterocycles. The number of ether oxygens (including phenoxy) is 1. The molecule has 0 radical (unpaired) electrons. The molecule has 2 aromatic carbocycles. The van der Waals surface area contributed by atoms with Gasteiger partial charge in [-0.05, 0) is 24.6 Å². The van der Waals surface area contributed by atoms with Crippen molar-refractivity contribution < 1.29 is 9.84 Å². The summed E-state index contributed by atoms with van der Waals surface area (Å²) in [7, 11) is 0. The lowest BCUT2D eigenvalue weighted by Gasteiger charge is -2.18. The van der Waals surface area contributed by atoms with E-state index >= 15 is 0 Å². The van der Waals surface area contributed by atoms with Crippen LogP contribution < -0.4 is 10.1 Å². The lowest BCUT2D eigenvalue weighted by molar-refractivity contribution is 0.104. The highest BCUT2D eigenvalue weighted by Gasteiger charge is 2.10. The van der Waals surface area contributed by atoms with Gasteiger partial charge < -0.3 is 15.2 Å². The minimum Gasteiger partial charge on any atom is -0.489 e. The summed E-state index contributed by atoms with van der Waals surface area (Å²) >= 11 is 5.99. The Hall–Kier alpha value is -1.55. The summed E-state index contributed by atoms with van der Waals surface area (Å²) in [6.07, 6.45) is -0.590. The third-order valence-corrected chi connectivity index (χ3v) is 3.54. The molecule has 0 spiro atoms. The summed E-state index contributed by atoms with van der Waals surface area (Å²) in [6.45, 7) is 2.73. The molecule has 0 heterocycles. The van der Waals surface area contributed by atoms with Gasteiger partial charge in [0.05, 0.1) is 5.02 Å². The fourth-order valence-electron chi connectivity index (χ4n) is 1.98. The van der Waals surface area contributed by atoms with Crippen molar-refractivity contribution in [3.63, 3.8) is 0 Å². The molecule has 0 amide bonds. The molecular weight excluding hydrogens is 286 g/mol. The van der Waals surface area contributed by atoms with Crippen LogP contribution in [0.4, 0.5) is 0 Å². The third kappa shape index (κ3) is 5.05. The molecule has 2 N–H and O–H groups in total. The average Bonchev–Trinajstić information content (AvgIpc) is 2.52. The molecule has 3 nitrogen and oxygen atoms in total. The van der Waals surface area contributed by atoms with E-state index < -0.39 is 6.10 Å². The van der Waals surface area contributed by atoms with E-state index in [-0.39, 0.29) is 12.6 Å². The maximum Gasteiger partial charge on any atom is 0.138 e. The van der Waals surface area contributed by atoms with Crippen LogP contribution in [0.1, 0.15) is 18.5 Å². The largest absolute Gasteiger partial charge is 0.489 e. The summed E-state index contributed by atoms with van der Waals surface area (Å²) in [5, 5.41) is 13.8. The number of rotatable bonds is 7. The van der Waals surface area contributed by atoms with E-state index in [1.54, 1.807) is 12.1 Å². The van der Waals surface area contributed by atoms with Gasteiger partial charge >= 0.3 is 0 Å². The fourth-order valence-corrected chi connectivity index (χ4v) is 2.17. The van der Waals surface area contributed by atoms with Crippen molar-refractivity contribution in [3.05, 3.63) is 65.2 Å². The molecule has 112 valence electrons. The second kappa shape index (κ2) is 8.03. The molecule has 2 aromatic rings. The predicted molar refractivity (Wildman–Crippen MR) is 85.8 cm³/mol. The van der Waals surface area contributed by atoms with Crippen molar-refractivity contribution in [2.75, 3.05) is 13.2 Å². The average molecular weight is 306 g/mol. The number of aliphatic hydroxyl groups is 1. The van der Waals surface area contributed by atoms with Crippen molar-refractivity contribution in [1.29, 1.82) is 0 Å². The smallest absolute Gasteiger partial charge is 0.138 e. The highest BCUT2D eigenvalue weighted by molar-refractivity contribution is 6.32. The SMILES string of the molecule is C[C@@H](NCC(O)COc1ccccc1Cl)c1ccccc1. The Bertz CT molecular complexity index is 547. The van der Waals surface area contributed by atoms with Crippen LogP contribution in [0, 0.1) is 0 Å². The fraction of sp³-hybridized carbons (Fsp3) is 0.294. The molecule has 4 heteroatoms. The summed E-state index contributed by atoms with van der Waals surface area (Å²) in [4.78, 5) is 0. The summed E-state index contributed by atoms with van der Waals surface area (Å²) in [6, 6.07) is 17.5. The maximum absolute atomic E-state index is 9.97. The molecule has 0 aliphatic heterocycles. The molecule has 1 unspecified atom stereocenters. The minimum absolute atomic E-state index is 0.182. The van der Waals surface area contributed by atoms with E-state index in [0.717, 1.165) is 0 Å². The first-order chi connectivity index (χ1) is 10.2. The van der Waals surface area contributed by atoms with Crippen LogP contribution >= 0.6 is 11.6 Å². The summed E-state index contributed by atoms with van der Waals surface area (Å²) < 4.78 is 5.51. The van der Waals surface area contributed by atoms with Gasteiger partial charge in [-0.2, -0.15) is 0 Å². The van der Waals surface area contributed by atoms with Gasteiger partial charge in [-0.15, -0.1) is 0 Å². The zero-order valence-corrected chi connectivity index (χ0v) is 12.8. The Morgan fingerprint density at radius 2 is 1.76 bits per heavy atom. The van der Waals surface area contributed by atoms with Gasteiger partial charge in [-0.25, -0.2) is 0 Å². The predicted octanol–water partition coefficient (Wildman–Crippen LogP) is 3.43. The highest BCUT2D eigenvalue weighted by Crippen LogP contribution is 2.23. The van der Waals surface area contributed by atoms with Gasteiger partial charge in [0.25, 0.3) is 0 Å². The second-order valence-corrected chi connectivity index (χ2v) is 5.34. The normalized spacial score (nSPS) is 13.7. The van der Waals surface area contributed by atoms with Gasteiger partial charge in [0.15, 0.2) is 0 Å². The Labute approximate surface area is 130 Å². The molecule has 0 aliphatic carbocycles. The van der Waals surface area contributed by atoms with Crippen molar-refractivity contribution in [2.24, 2.45) is 0 Å². The molecule has 0 fully saturated rings. The minimum atomic E-state index is -0.590. The van der Waals surface area contributed by atoms with Crippen LogP contribution in [0.3, 0.4) is 0 Å². The van der Waals surface area contributed by atoms with Crippen LogP contribution in [-0.4, -0.2) is 24.4 Å². The zero-order valence-electron chi connectivity index (χ0n) is 12.0. The van der Waals surface area contributed by atoms with Crippen LogP contribution in [0.2, 0.25) is 5.02 Å². The maximum atomic E-state index is 9.97. The lowest BCUT2D eigenvalue weighted by Crippen LogP contribution is -2.33. The Morgan fingerprint density at radius 3 is 2.48 bits per heavy atom. The number of nitrogens with one attached hydrogen (secondary N) is 1. The number of para-hydroxylation sites is 1. The number of hydrogen-bond donors (Lipinski definition) is 2. The van der Waals surface area contributed by atoms with E-state index in [1.165, 1.54) is 5.56 Å². The molecule has 2 atom stereocenters. The zero-order chi connectivity index (χ0) is 15.1. The molecule has 0 aliphatic rings. The Balaban J connectivity index is 1.75.